The van der Waals surface area contributed by atoms with E-state index >= 15 is 0 Å². The first kappa shape index (κ1) is 19.0. The fourth-order valence-corrected chi connectivity index (χ4v) is 3.44. The predicted octanol–water partition coefficient (Wildman–Crippen LogP) is 3.15. The largest absolute Gasteiger partial charge is 0.368 e. The minimum absolute atomic E-state index is 0.209. The molecule has 2 aromatic rings. The molecular weight excluding hydrogens is 338 g/mol. The molecule has 0 radical (unpaired) electrons. The highest BCUT2D eigenvalue weighted by Gasteiger charge is 2.29. The first-order valence-electron chi connectivity index (χ1n) is 9.31. The van der Waals surface area contributed by atoms with Crippen LogP contribution in [0.1, 0.15) is 31.1 Å². The van der Waals surface area contributed by atoms with Gasteiger partial charge >= 0.3 is 0 Å². The summed E-state index contributed by atoms with van der Waals surface area (Å²) in [4.78, 5) is 28.3. The zero-order valence-electron chi connectivity index (χ0n) is 16.2. The van der Waals surface area contributed by atoms with Crippen molar-refractivity contribution >= 4 is 17.5 Å². The van der Waals surface area contributed by atoms with Gasteiger partial charge in [0.25, 0.3) is 0 Å². The highest BCUT2D eigenvalue weighted by Crippen LogP contribution is 2.27. The molecule has 2 amide bonds. The van der Waals surface area contributed by atoms with Gasteiger partial charge in [-0.25, -0.2) is 0 Å². The molecule has 1 fully saturated rings. The third-order valence-corrected chi connectivity index (χ3v) is 4.94. The van der Waals surface area contributed by atoms with Crippen molar-refractivity contribution in [3.8, 4) is 11.1 Å². The molecule has 1 aliphatic heterocycles. The lowest BCUT2D eigenvalue weighted by Crippen LogP contribution is -2.51. The van der Waals surface area contributed by atoms with Gasteiger partial charge in [0.2, 0.25) is 11.8 Å². The first-order chi connectivity index (χ1) is 12.8. The Morgan fingerprint density at radius 2 is 1.48 bits per heavy atom. The van der Waals surface area contributed by atoms with Gasteiger partial charge in [-0.2, -0.15) is 0 Å². The Hall–Kier alpha value is -2.82. The molecule has 142 valence electrons. The van der Waals surface area contributed by atoms with Crippen LogP contribution in [-0.4, -0.2) is 42.9 Å². The molecule has 5 heteroatoms. The third kappa shape index (κ3) is 4.13. The molecule has 2 aromatic carbocycles. The zero-order valence-corrected chi connectivity index (χ0v) is 16.2. The first-order valence-corrected chi connectivity index (χ1v) is 9.31. The summed E-state index contributed by atoms with van der Waals surface area (Å²) in [6.07, 6.45) is 0. The fraction of sp³-hybridized carbons (Fsp3) is 0.364. The molecule has 0 aliphatic carbocycles. The van der Waals surface area contributed by atoms with Crippen LogP contribution in [-0.2, 0) is 4.79 Å². The summed E-state index contributed by atoms with van der Waals surface area (Å²) >= 11 is 0. The highest BCUT2D eigenvalue weighted by molar-refractivity contribution is 5.99. The van der Waals surface area contributed by atoms with Crippen LogP contribution in [0.25, 0.3) is 11.1 Å². The standard InChI is InChI=1S/C22H27N3O2/c1-22(2,3)21(27)25-14-12-24(13-15-25)17-10-8-16(9-11-17)18-6-4-5-7-19(18)20(23)26/h4-11H,12-15H2,1-3H3,(H2,23,26). The normalized spacial score (nSPS) is 14.9. The van der Waals surface area contributed by atoms with Gasteiger partial charge in [-0.05, 0) is 29.3 Å². The molecule has 1 heterocycles. The van der Waals surface area contributed by atoms with E-state index in [0.29, 0.717) is 5.56 Å². The van der Waals surface area contributed by atoms with E-state index < -0.39 is 5.91 Å². The van der Waals surface area contributed by atoms with Crippen LogP contribution in [0.3, 0.4) is 0 Å². The van der Waals surface area contributed by atoms with Crippen molar-refractivity contribution in [1.29, 1.82) is 0 Å². The minimum atomic E-state index is -0.422. The van der Waals surface area contributed by atoms with Crippen molar-refractivity contribution in [2.45, 2.75) is 20.8 Å². The van der Waals surface area contributed by atoms with Crippen LogP contribution in [0, 0.1) is 5.41 Å². The molecule has 2 N–H and O–H groups in total. The van der Waals surface area contributed by atoms with Gasteiger partial charge in [0.1, 0.15) is 0 Å². The van der Waals surface area contributed by atoms with E-state index in [1.807, 2.05) is 56.0 Å². The molecule has 0 atom stereocenters. The van der Waals surface area contributed by atoms with E-state index in [1.54, 1.807) is 6.07 Å². The van der Waals surface area contributed by atoms with E-state index in [-0.39, 0.29) is 11.3 Å². The zero-order chi connectivity index (χ0) is 19.6. The summed E-state index contributed by atoms with van der Waals surface area (Å²) in [6.45, 7) is 9.00. The van der Waals surface area contributed by atoms with E-state index in [4.69, 9.17) is 5.73 Å². The second-order valence-corrected chi connectivity index (χ2v) is 7.99. The Labute approximate surface area is 160 Å². The van der Waals surface area contributed by atoms with Gasteiger partial charge < -0.3 is 15.5 Å². The second-order valence-electron chi connectivity index (χ2n) is 7.99. The molecule has 1 saturated heterocycles. The molecule has 0 bridgehead atoms. The quantitative estimate of drug-likeness (QED) is 0.909. The number of carbonyl (C=O) groups is 2. The SMILES string of the molecule is CC(C)(C)C(=O)N1CCN(c2ccc(-c3ccccc3C(N)=O)cc2)CC1. The summed E-state index contributed by atoms with van der Waals surface area (Å²) in [5, 5.41) is 0. The number of anilines is 1. The summed E-state index contributed by atoms with van der Waals surface area (Å²) in [6, 6.07) is 15.5. The number of carbonyl (C=O) groups excluding carboxylic acids is 2. The Morgan fingerprint density at radius 3 is 2.04 bits per heavy atom. The molecular formula is C22H27N3O2. The smallest absolute Gasteiger partial charge is 0.249 e. The lowest BCUT2D eigenvalue weighted by atomic mass is 9.94. The molecule has 0 spiro atoms. The number of nitrogens with zero attached hydrogens (tertiary/aromatic N) is 2. The average molecular weight is 365 g/mol. The monoisotopic (exact) mass is 365 g/mol. The number of rotatable bonds is 3. The maximum absolute atomic E-state index is 12.4. The number of hydrogen-bond acceptors (Lipinski definition) is 3. The van der Waals surface area contributed by atoms with E-state index in [9.17, 15) is 9.59 Å². The van der Waals surface area contributed by atoms with Crippen molar-refractivity contribution < 1.29 is 9.59 Å². The van der Waals surface area contributed by atoms with Crippen LogP contribution < -0.4 is 10.6 Å². The Balaban J connectivity index is 1.71. The van der Waals surface area contributed by atoms with Gasteiger partial charge in [0, 0.05) is 42.8 Å². The molecule has 0 saturated carbocycles. The number of piperazine rings is 1. The molecule has 0 aromatic heterocycles. The maximum atomic E-state index is 12.4. The second kappa shape index (κ2) is 7.43. The van der Waals surface area contributed by atoms with Gasteiger partial charge in [0.15, 0.2) is 0 Å². The van der Waals surface area contributed by atoms with Gasteiger partial charge in [-0.1, -0.05) is 51.1 Å². The fourth-order valence-electron chi connectivity index (χ4n) is 3.44. The minimum Gasteiger partial charge on any atom is -0.368 e. The van der Waals surface area contributed by atoms with Crippen LogP contribution in [0.2, 0.25) is 0 Å². The molecule has 1 aliphatic rings. The number of benzene rings is 2. The van der Waals surface area contributed by atoms with Crippen LogP contribution in [0.4, 0.5) is 5.69 Å². The predicted molar refractivity (Wildman–Crippen MR) is 109 cm³/mol. The van der Waals surface area contributed by atoms with Gasteiger partial charge in [0.05, 0.1) is 0 Å². The van der Waals surface area contributed by atoms with E-state index in [0.717, 1.165) is 43.0 Å². The van der Waals surface area contributed by atoms with Gasteiger partial charge in [-0.3, -0.25) is 9.59 Å². The summed E-state index contributed by atoms with van der Waals surface area (Å²) in [7, 11) is 0. The average Bonchev–Trinajstić information content (AvgIpc) is 2.67. The number of hydrogen-bond donors (Lipinski definition) is 1. The lowest BCUT2D eigenvalue weighted by Gasteiger charge is -2.38. The molecule has 3 rings (SSSR count). The summed E-state index contributed by atoms with van der Waals surface area (Å²) < 4.78 is 0. The number of amides is 2. The van der Waals surface area contributed by atoms with Crippen molar-refractivity contribution in [1.82, 2.24) is 4.90 Å². The van der Waals surface area contributed by atoms with E-state index in [1.165, 1.54) is 0 Å². The lowest BCUT2D eigenvalue weighted by molar-refractivity contribution is -0.139. The summed E-state index contributed by atoms with van der Waals surface area (Å²) in [5.74, 6) is -0.213. The van der Waals surface area contributed by atoms with Crippen molar-refractivity contribution in [3.05, 3.63) is 54.1 Å². The Morgan fingerprint density at radius 1 is 0.889 bits per heavy atom. The highest BCUT2D eigenvalue weighted by atomic mass is 16.2. The van der Waals surface area contributed by atoms with E-state index in [2.05, 4.69) is 17.0 Å². The van der Waals surface area contributed by atoms with Crippen LogP contribution in [0.15, 0.2) is 48.5 Å². The number of nitrogens with two attached hydrogens (primary N) is 1. The van der Waals surface area contributed by atoms with Crippen LogP contribution >= 0.6 is 0 Å². The Bertz CT molecular complexity index is 829. The van der Waals surface area contributed by atoms with Crippen molar-refractivity contribution in [3.63, 3.8) is 0 Å². The summed E-state index contributed by atoms with van der Waals surface area (Å²) in [5.41, 5.74) is 8.61. The third-order valence-electron chi connectivity index (χ3n) is 4.94. The number of primary amides is 1. The van der Waals surface area contributed by atoms with Crippen molar-refractivity contribution in [2.24, 2.45) is 11.1 Å². The van der Waals surface area contributed by atoms with Crippen molar-refractivity contribution in [2.75, 3.05) is 31.1 Å². The maximum Gasteiger partial charge on any atom is 0.249 e. The molecule has 27 heavy (non-hydrogen) atoms. The Kier molecular flexibility index (Phi) is 5.22. The molecule has 5 nitrogen and oxygen atoms in total. The molecule has 0 unspecified atom stereocenters. The van der Waals surface area contributed by atoms with Gasteiger partial charge in [-0.15, -0.1) is 0 Å². The topological polar surface area (TPSA) is 66.6 Å². The van der Waals surface area contributed by atoms with Crippen LogP contribution in [0.5, 0.6) is 0 Å².